The van der Waals surface area contributed by atoms with Gasteiger partial charge in [0.1, 0.15) is 4.88 Å². The van der Waals surface area contributed by atoms with Gasteiger partial charge in [-0.25, -0.2) is 9.78 Å². The number of benzene rings is 1. The molecule has 1 aliphatic carbocycles. The number of nitrogens with zero attached hydrogens (tertiary/aromatic N) is 1. The number of rotatable bonds is 16. The number of hydrogen-bond donors (Lipinski definition) is 0. The van der Waals surface area contributed by atoms with Crippen LogP contribution in [0, 0.1) is 5.92 Å². The molecule has 3 rings (SSSR count). The number of carbonyl (C=O) groups excluding carboxylic acids is 1. The van der Waals surface area contributed by atoms with Crippen molar-refractivity contribution in [3.8, 4) is 0 Å². The highest BCUT2D eigenvalue weighted by Gasteiger charge is 2.48. The Morgan fingerprint density at radius 2 is 1.62 bits per heavy atom. The van der Waals surface area contributed by atoms with Crippen molar-refractivity contribution in [1.29, 1.82) is 0 Å². The third kappa shape index (κ3) is 10.7. The van der Waals surface area contributed by atoms with E-state index in [1.54, 1.807) is 6.20 Å². The van der Waals surface area contributed by atoms with Crippen molar-refractivity contribution < 1.29 is 18.4 Å². The molecule has 266 valence electrons. The van der Waals surface area contributed by atoms with Crippen LogP contribution in [0.2, 0.25) is 36.3 Å². The van der Waals surface area contributed by atoms with E-state index in [1.807, 2.05) is 6.92 Å². The fraction of sp³-hybridized carbons (Fsp3) is 0.737. The highest BCUT2D eigenvalue weighted by Crippen LogP contribution is 2.50. The summed E-state index contributed by atoms with van der Waals surface area (Å²) in [6, 6.07) is 9.34. The zero-order valence-corrected chi connectivity index (χ0v) is 35.1. The average Bonchev–Trinajstić information content (AvgIpc) is 3.55. The molecule has 1 aliphatic rings. The molecule has 0 radical (unpaired) electrons. The average molecular weight is 723 g/mol. The van der Waals surface area contributed by atoms with Gasteiger partial charge in [0, 0.05) is 11.3 Å². The van der Waals surface area contributed by atoms with Crippen LogP contribution in [0.4, 0.5) is 0 Å². The molecule has 1 aromatic heterocycles. The van der Waals surface area contributed by atoms with Crippen molar-refractivity contribution >= 4 is 45.5 Å². The zero-order chi connectivity index (χ0) is 35.2. The Morgan fingerprint density at radius 1 is 0.979 bits per heavy atom. The summed E-state index contributed by atoms with van der Waals surface area (Å²) >= 11 is 8.68. The molecule has 2 aromatic rings. The molecule has 1 heterocycles. The summed E-state index contributed by atoms with van der Waals surface area (Å²) in [5.74, 6) is 0.238. The molecule has 1 saturated carbocycles. The number of hydrogen-bond acceptors (Lipinski definition) is 6. The van der Waals surface area contributed by atoms with Crippen LogP contribution >= 0.6 is 22.9 Å². The van der Waals surface area contributed by atoms with E-state index < -0.39 is 16.6 Å². The SMILES string of the molecule is CCCCCC(O[Si](C)(C)C(C)(C)C)c1ccc(C2[C@@H](CCCc3ncc(C(=O)OCC)s3)[C@H](Cl)C[C@H]2O[Si](C)(C)C(C)(C)C)cc1. The first-order valence-corrected chi connectivity index (χ1v) is 25.1. The van der Waals surface area contributed by atoms with Gasteiger partial charge < -0.3 is 13.6 Å². The molecule has 1 aromatic carbocycles. The lowest BCUT2D eigenvalue weighted by Crippen LogP contribution is -2.44. The maximum Gasteiger partial charge on any atom is 0.349 e. The maximum absolute atomic E-state index is 12.2. The third-order valence-electron chi connectivity index (χ3n) is 11.0. The highest BCUT2D eigenvalue weighted by atomic mass is 35.5. The molecule has 0 aliphatic heterocycles. The molecule has 1 fully saturated rings. The molecular weight excluding hydrogens is 658 g/mol. The van der Waals surface area contributed by atoms with E-state index in [9.17, 15) is 4.79 Å². The first kappa shape index (κ1) is 40.4. The Balaban J connectivity index is 1.88. The van der Waals surface area contributed by atoms with Crippen LogP contribution in [-0.2, 0) is 20.0 Å². The first-order valence-electron chi connectivity index (χ1n) is 18.0. The number of unbranched alkanes of at least 4 members (excludes halogenated alkanes) is 2. The van der Waals surface area contributed by atoms with E-state index >= 15 is 0 Å². The van der Waals surface area contributed by atoms with Crippen molar-refractivity contribution in [3.63, 3.8) is 0 Å². The van der Waals surface area contributed by atoms with Gasteiger partial charge in [-0.2, -0.15) is 0 Å². The summed E-state index contributed by atoms with van der Waals surface area (Å²) in [6.07, 6.45) is 10.2. The third-order valence-corrected chi connectivity index (χ3v) is 21.5. The van der Waals surface area contributed by atoms with Crippen LogP contribution in [0.25, 0.3) is 0 Å². The summed E-state index contributed by atoms with van der Waals surface area (Å²) in [6.45, 7) is 27.8. The Morgan fingerprint density at radius 3 is 2.19 bits per heavy atom. The van der Waals surface area contributed by atoms with Crippen molar-refractivity contribution in [3.05, 3.63) is 51.5 Å². The Kier molecular flexibility index (Phi) is 14.4. The lowest BCUT2D eigenvalue weighted by molar-refractivity contribution is 0.0531. The number of ether oxygens (including phenoxy) is 1. The van der Waals surface area contributed by atoms with Gasteiger partial charge in [-0.05, 0) is 92.3 Å². The van der Waals surface area contributed by atoms with Crippen LogP contribution in [0.5, 0.6) is 0 Å². The molecule has 9 heteroatoms. The molecular formula is C38H64ClNO4SSi2. The van der Waals surface area contributed by atoms with E-state index in [4.69, 9.17) is 25.2 Å². The standard InChI is InChI=1S/C38H64ClNO4SSi2/c1-13-15-16-19-31(43-46(9,10)37(3,4)5)27-21-23-28(24-22-27)35-29(30(39)25-32(35)44-47(11,12)38(6,7)8)18-17-20-34-40-26-33(45-34)36(41)42-14-2/h21-24,26,29-32,35H,13-20,25H2,1-12H3/t29-,30+,31?,32+,35?/m0/s1. The number of aryl methyl sites for hydroxylation is 1. The summed E-state index contributed by atoms with van der Waals surface area (Å²) in [5, 5.41) is 1.30. The molecule has 2 unspecified atom stereocenters. The largest absolute Gasteiger partial charge is 0.462 e. The Hall–Kier alpha value is -1.04. The van der Waals surface area contributed by atoms with Gasteiger partial charge in [0.05, 0.1) is 30.0 Å². The molecule has 0 saturated heterocycles. The number of esters is 1. The van der Waals surface area contributed by atoms with E-state index in [2.05, 4.69) is 104 Å². The van der Waals surface area contributed by atoms with Crippen molar-refractivity contribution in [2.45, 2.75) is 167 Å². The van der Waals surface area contributed by atoms with Crippen LogP contribution in [-0.4, -0.2) is 45.7 Å². The monoisotopic (exact) mass is 721 g/mol. The van der Waals surface area contributed by atoms with Crippen LogP contribution in [0.3, 0.4) is 0 Å². The van der Waals surface area contributed by atoms with Gasteiger partial charge >= 0.3 is 5.97 Å². The van der Waals surface area contributed by atoms with Gasteiger partial charge in [0.15, 0.2) is 16.6 Å². The topological polar surface area (TPSA) is 57.7 Å². The summed E-state index contributed by atoms with van der Waals surface area (Å²) in [7, 11) is -3.96. The van der Waals surface area contributed by atoms with Crippen molar-refractivity contribution in [2.75, 3.05) is 6.61 Å². The zero-order valence-electron chi connectivity index (χ0n) is 31.5. The summed E-state index contributed by atoms with van der Waals surface area (Å²) in [5.41, 5.74) is 2.61. The normalized spacial score (nSPS) is 21.6. The second kappa shape index (κ2) is 16.8. The molecule has 5 nitrogen and oxygen atoms in total. The van der Waals surface area contributed by atoms with Crippen LogP contribution in [0.15, 0.2) is 30.5 Å². The number of alkyl halides is 1. The quantitative estimate of drug-likeness (QED) is 0.0747. The van der Waals surface area contributed by atoms with E-state index in [-0.39, 0.29) is 39.5 Å². The lowest BCUT2D eigenvalue weighted by atomic mass is 9.84. The van der Waals surface area contributed by atoms with Crippen molar-refractivity contribution in [1.82, 2.24) is 4.98 Å². The van der Waals surface area contributed by atoms with Gasteiger partial charge in [0.2, 0.25) is 0 Å². The fourth-order valence-corrected chi connectivity index (χ4v) is 10.1. The van der Waals surface area contributed by atoms with Gasteiger partial charge in [0.25, 0.3) is 0 Å². The Labute approximate surface area is 298 Å². The van der Waals surface area contributed by atoms with E-state index in [0.29, 0.717) is 17.4 Å². The van der Waals surface area contributed by atoms with Gasteiger partial charge in [-0.1, -0.05) is 92.0 Å². The number of carbonyl (C=O) groups is 1. The number of thiazole rings is 1. The predicted octanol–water partition coefficient (Wildman–Crippen LogP) is 12.1. The van der Waals surface area contributed by atoms with E-state index in [0.717, 1.165) is 37.1 Å². The van der Waals surface area contributed by atoms with Crippen LogP contribution in [0.1, 0.15) is 138 Å². The minimum atomic E-state index is -2.02. The molecule has 0 bridgehead atoms. The smallest absolute Gasteiger partial charge is 0.349 e. The Bertz CT molecular complexity index is 1270. The van der Waals surface area contributed by atoms with E-state index in [1.165, 1.54) is 41.7 Å². The maximum atomic E-state index is 12.2. The summed E-state index contributed by atoms with van der Waals surface area (Å²) in [4.78, 5) is 17.3. The lowest BCUT2D eigenvalue weighted by Gasteiger charge is -2.40. The highest BCUT2D eigenvalue weighted by molar-refractivity contribution is 7.13. The number of halogens is 1. The summed E-state index contributed by atoms with van der Waals surface area (Å²) < 4.78 is 19.4. The molecule has 5 atom stereocenters. The van der Waals surface area contributed by atoms with Gasteiger partial charge in [-0.3, -0.25) is 0 Å². The minimum Gasteiger partial charge on any atom is -0.462 e. The second-order valence-electron chi connectivity index (χ2n) is 16.6. The van der Waals surface area contributed by atoms with Gasteiger partial charge in [-0.15, -0.1) is 22.9 Å². The van der Waals surface area contributed by atoms with Crippen LogP contribution < -0.4 is 0 Å². The number of aromatic nitrogens is 1. The second-order valence-corrected chi connectivity index (χ2v) is 27.8. The van der Waals surface area contributed by atoms with Crippen molar-refractivity contribution in [2.24, 2.45) is 5.92 Å². The minimum absolute atomic E-state index is 0.0459. The predicted molar refractivity (Wildman–Crippen MR) is 205 cm³/mol. The molecule has 47 heavy (non-hydrogen) atoms. The fourth-order valence-electron chi connectivity index (χ4n) is 6.09. The first-order chi connectivity index (χ1) is 21.8. The molecule has 0 amide bonds. The molecule has 0 spiro atoms. The molecule has 0 N–H and O–H groups in total.